The summed E-state index contributed by atoms with van der Waals surface area (Å²) < 4.78 is 11.1. The molecule has 2 unspecified atom stereocenters. The lowest BCUT2D eigenvalue weighted by Gasteiger charge is -2.40. The van der Waals surface area contributed by atoms with Crippen molar-refractivity contribution in [1.82, 2.24) is 0 Å². The molecule has 1 aliphatic heterocycles. The maximum Gasteiger partial charge on any atom is 0.0685 e. The molecular formula is C13H25NO2. The number of ether oxygens (including phenoxy) is 2. The highest BCUT2D eigenvalue weighted by Gasteiger charge is 2.41. The fourth-order valence-electron chi connectivity index (χ4n) is 3.29. The second-order valence-electron chi connectivity index (χ2n) is 5.44. The smallest absolute Gasteiger partial charge is 0.0685 e. The van der Waals surface area contributed by atoms with E-state index in [1.165, 1.54) is 32.1 Å². The Bertz CT molecular complexity index is 214. The Balaban J connectivity index is 1.85. The fraction of sp³-hybridized carbons (Fsp3) is 1.00. The maximum absolute atomic E-state index is 6.25. The number of hydrogen-bond donors (Lipinski definition) is 1. The van der Waals surface area contributed by atoms with Crippen LogP contribution in [0.2, 0.25) is 0 Å². The summed E-state index contributed by atoms with van der Waals surface area (Å²) in [7, 11) is 1.75. The highest BCUT2D eigenvalue weighted by Crippen LogP contribution is 2.42. The Kier molecular flexibility index (Phi) is 4.22. The molecule has 1 heterocycles. The Hall–Kier alpha value is -0.120. The predicted molar refractivity (Wildman–Crippen MR) is 64.3 cm³/mol. The summed E-state index contributed by atoms with van der Waals surface area (Å²) in [6.45, 7) is 1.69. The Morgan fingerprint density at radius 1 is 1.44 bits per heavy atom. The van der Waals surface area contributed by atoms with E-state index in [1.807, 2.05) is 0 Å². The van der Waals surface area contributed by atoms with E-state index in [9.17, 15) is 0 Å². The van der Waals surface area contributed by atoms with Gasteiger partial charge in [0.05, 0.1) is 5.60 Å². The van der Waals surface area contributed by atoms with Crippen LogP contribution in [0.1, 0.15) is 44.9 Å². The summed E-state index contributed by atoms with van der Waals surface area (Å²) in [5.41, 5.74) is 6.45. The quantitative estimate of drug-likeness (QED) is 0.800. The van der Waals surface area contributed by atoms with Crippen LogP contribution in [0.5, 0.6) is 0 Å². The largest absolute Gasteiger partial charge is 0.385 e. The molecule has 2 atom stereocenters. The molecule has 0 radical (unpaired) electrons. The maximum atomic E-state index is 6.25. The van der Waals surface area contributed by atoms with Crippen molar-refractivity contribution < 1.29 is 9.47 Å². The van der Waals surface area contributed by atoms with E-state index in [0.29, 0.717) is 12.0 Å². The van der Waals surface area contributed by atoms with Gasteiger partial charge in [-0.25, -0.2) is 0 Å². The minimum atomic E-state index is 0.202. The zero-order valence-electron chi connectivity index (χ0n) is 10.4. The van der Waals surface area contributed by atoms with Gasteiger partial charge in [-0.3, -0.25) is 0 Å². The minimum absolute atomic E-state index is 0.202. The molecule has 0 aromatic heterocycles. The normalized spacial score (nSPS) is 30.8. The molecule has 1 saturated carbocycles. The first-order valence-electron chi connectivity index (χ1n) is 6.64. The Labute approximate surface area is 98.7 Å². The van der Waals surface area contributed by atoms with Crippen molar-refractivity contribution in [3.8, 4) is 0 Å². The third kappa shape index (κ3) is 2.76. The van der Waals surface area contributed by atoms with Crippen LogP contribution < -0.4 is 5.73 Å². The number of hydrogen-bond acceptors (Lipinski definition) is 3. The summed E-state index contributed by atoms with van der Waals surface area (Å²) in [6.07, 6.45) is 8.46. The van der Waals surface area contributed by atoms with Gasteiger partial charge in [-0.2, -0.15) is 0 Å². The highest BCUT2D eigenvalue weighted by atomic mass is 16.5. The molecule has 2 fully saturated rings. The molecule has 3 heteroatoms. The van der Waals surface area contributed by atoms with Gasteiger partial charge >= 0.3 is 0 Å². The molecule has 2 rings (SSSR count). The zero-order chi connectivity index (χ0) is 11.4. The third-order valence-corrected chi connectivity index (χ3v) is 4.31. The van der Waals surface area contributed by atoms with Gasteiger partial charge in [0.25, 0.3) is 0 Å². The van der Waals surface area contributed by atoms with E-state index in [4.69, 9.17) is 15.2 Å². The number of methoxy groups -OCH3 is 1. The lowest BCUT2D eigenvalue weighted by Crippen LogP contribution is -2.44. The molecular weight excluding hydrogens is 202 g/mol. The molecule has 16 heavy (non-hydrogen) atoms. The van der Waals surface area contributed by atoms with Crippen LogP contribution in [0.25, 0.3) is 0 Å². The van der Waals surface area contributed by atoms with Crippen molar-refractivity contribution in [3.05, 3.63) is 0 Å². The van der Waals surface area contributed by atoms with Gasteiger partial charge < -0.3 is 15.2 Å². The van der Waals surface area contributed by atoms with Crippen molar-refractivity contribution in [2.75, 3.05) is 20.3 Å². The number of rotatable bonds is 4. The summed E-state index contributed by atoms with van der Waals surface area (Å²) in [4.78, 5) is 0. The third-order valence-electron chi connectivity index (χ3n) is 4.31. The predicted octanol–water partition coefficient (Wildman–Crippen LogP) is 2.09. The van der Waals surface area contributed by atoms with Crippen LogP contribution >= 0.6 is 0 Å². The van der Waals surface area contributed by atoms with Gasteiger partial charge in [-0.15, -0.1) is 0 Å². The van der Waals surface area contributed by atoms with Crippen LogP contribution in [-0.2, 0) is 9.47 Å². The average Bonchev–Trinajstić information content (AvgIpc) is 2.74. The average molecular weight is 227 g/mol. The zero-order valence-corrected chi connectivity index (χ0v) is 10.4. The molecule has 2 aliphatic rings. The second-order valence-corrected chi connectivity index (χ2v) is 5.44. The molecule has 0 bridgehead atoms. The summed E-state index contributed by atoms with van der Waals surface area (Å²) in [5.74, 6) is 0.641. The standard InChI is InChI=1S/C13H25NO2/c1-15-8-5-12(14)11-4-9-16-13(10-11)6-2-3-7-13/h11-12H,2-10,14H2,1H3. The molecule has 1 saturated heterocycles. The van der Waals surface area contributed by atoms with Gasteiger partial charge in [0, 0.05) is 26.4 Å². The first-order valence-corrected chi connectivity index (χ1v) is 6.64. The minimum Gasteiger partial charge on any atom is -0.385 e. The molecule has 0 aromatic rings. The van der Waals surface area contributed by atoms with Crippen LogP contribution in [0.4, 0.5) is 0 Å². The lowest BCUT2D eigenvalue weighted by molar-refractivity contribution is -0.0970. The molecule has 1 aliphatic carbocycles. The van der Waals surface area contributed by atoms with Crippen LogP contribution in [0, 0.1) is 5.92 Å². The van der Waals surface area contributed by atoms with Gasteiger partial charge in [0.15, 0.2) is 0 Å². The van der Waals surface area contributed by atoms with Crippen molar-refractivity contribution in [2.45, 2.75) is 56.6 Å². The summed E-state index contributed by atoms with van der Waals surface area (Å²) >= 11 is 0. The fourth-order valence-corrected chi connectivity index (χ4v) is 3.29. The SMILES string of the molecule is COCCC(N)C1CCOC2(CCCC2)C1. The van der Waals surface area contributed by atoms with E-state index in [0.717, 1.165) is 26.1 Å². The van der Waals surface area contributed by atoms with Crippen molar-refractivity contribution in [3.63, 3.8) is 0 Å². The molecule has 0 aromatic carbocycles. The van der Waals surface area contributed by atoms with Crippen LogP contribution in [0.15, 0.2) is 0 Å². The van der Waals surface area contributed by atoms with Crippen molar-refractivity contribution in [2.24, 2.45) is 11.7 Å². The first-order chi connectivity index (χ1) is 7.76. The van der Waals surface area contributed by atoms with Gasteiger partial charge in [0.2, 0.25) is 0 Å². The monoisotopic (exact) mass is 227 g/mol. The molecule has 94 valence electrons. The van der Waals surface area contributed by atoms with Gasteiger partial charge in [0.1, 0.15) is 0 Å². The van der Waals surface area contributed by atoms with Gasteiger partial charge in [-0.1, -0.05) is 12.8 Å². The first kappa shape index (κ1) is 12.3. The number of nitrogens with two attached hydrogens (primary N) is 1. The molecule has 0 amide bonds. The van der Waals surface area contributed by atoms with E-state index in [2.05, 4.69) is 0 Å². The Morgan fingerprint density at radius 3 is 2.88 bits per heavy atom. The van der Waals surface area contributed by atoms with E-state index in [1.54, 1.807) is 7.11 Å². The lowest BCUT2D eigenvalue weighted by atomic mass is 9.80. The summed E-state index contributed by atoms with van der Waals surface area (Å²) in [6, 6.07) is 0.293. The van der Waals surface area contributed by atoms with Crippen molar-refractivity contribution in [1.29, 1.82) is 0 Å². The molecule has 3 nitrogen and oxygen atoms in total. The second kappa shape index (κ2) is 5.48. The van der Waals surface area contributed by atoms with E-state index < -0.39 is 0 Å². The molecule has 2 N–H and O–H groups in total. The summed E-state index contributed by atoms with van der Waals surface area (Å²) in [5, 5.41) is 0. The van der Waals surface area contributed by atoms with E-state index >= 15 is 0 Å². The Morgan fingerprint density at radius 2 is 2.19 bits per heavy atom. The van der Waals surface area contributed by atoms with Gasteiger partial charge in [-0.05, 0) is 38.0 Å². The molecule has 1 spiro atoms. The highest BCUT2D eigenvalue weighted by molar-refractivity contribution is 4.93. The van der Waals surface area contributed by atoms with E-state index in [-0.39, 0.29) is 5.60 Å². The van der Waals surface area contributed by atoms with Crippen molar-refractivity contribution >= 4 is 0 Å². The van der Waals surface area contributed by atoms with Crippen LogP contribution in [-0.4, -0.2) is 32.0 Å². The topological polar surface area (TPSA) is 44.5 Å². The van der Waals surface area contributed by atoms with Crippen LogP contribution in [0.3, 0.4) is 0 Å².